The fourth-order valence-electron chi connectivity index (χ4n) is 2.86. The van der Waals surface area contributed by atoms with Crippen LogP contribution in [-0.2, 0) is 6.54 Å². The summed E-state index contributed by atoms with van der Waals surface area (Å²) in [7, 11) is 0. The highest BCUT2D eigenvalue weighted by Gasteiger charge is 2.11. The summed E-state index contributed by atoms with van der Waals surface area (Å²) in [4.78, 5) is 13.2. The lowest BCUT2D eigenvalue weighted by Gasteiger charge is -2.17. The van der Waals surface area contributed by atoms with Gasteiger partial charge in [-0.2, -0.15) is 4.98 Å². The highest BCUT2D eigenvalue weighted by Crippen LogP contribution is 2.30. The Morgan fingerprint density at radius 1 is 1.00 bits per heavy atom. The molecule has 0 spiro atoms. The van der Waals surface area contributed by atoms with Crippen LogP contribution in [0.4, 0.5) is 17.5 Å². The lowest BCUT2D eigenvalue weighted by Crippen LogP contribution is -2.07. The number of hydrogen-bond donors (Lipinski definition) is 2. The molecule has 2 N–H and O–H groups in total. The molecule has 0 aliphatic heterocycles. The number of anilines is 3. The molecule has 0 bridgehead atoms. The van der Waals surface area contributed by atoms with E-state index in [1.165, 1.54) is 11.1 Å². The number of pyridine rings is 1. The van der Waals surface area contributed by atoms with Crippen molar-refractivity contribution in [1.29, 1.82) is 0 Å². The minimum absolute atomic E-state index is 0.435. The van der Waals surface area contributed by atoms with Crippen molar-refractivity contribution in [3.05, 3.63) is 71.2 Å². The van der Waals surface area contributed by atoms with Gasteiger partial charge in [0.2, 0.25) is 5.95 Å². The largest absolute Gasteiger partial charge is 0.350 e. The zero-order valence-corrected chi connectivity index (χ0v) is 15.7. The Bertz CT molecular complexity index is 875. The summed E-state index contributed by atoms with van der Waals surface area (Å²) in [6.45, 7) is 9.16. The van der Waals surface area contributed by atoms with Crippen LogP contribution in [0, 0.1) is 13.8 Å². The summed E-state index contributed by atoms with van der Waals surface area (Å²) in [6, 6.07) is 12.3. The van der Waals surface area contributed by atoms with E-state index in [0.717, 1.165) is 22.8 Å². The molecule has 2 heterocycles. The molecule has 0 atom stereocenters. The Morgan fingerprint density at radius 3 is 2.50 bits per heavy atom. The molecule has 0 saturated carbocycles. The Kier molecular flexibility index (Phi) is 5.46. The van der Waals surface area contributed by atoms with Crippen LogP contribution in [0.1, 0.15) is 42.1 Å². The molecule has 0 aliphatic carbocycles. The SMILES string of the molecule is Cc1cc(Nc2c(C)cccc2C(C)C)nc(NCc2ccncc2)n1. The smallest absolute Gasteiger partial charge is 0.225 e. The number of benzene rings is 1. The maximum atomic E-state index is 4.64. The van der Waals surface area contributed by atoms with Crippen molar-refractivity contribution >= 4 is 17.5 Å². The Hall–Kier alpha value is -2.95. The Morgan fingerprint density at radius 2 is 1.77 bits per heavy atom. The van der Waals surface area contributed by atoms with Crippen molar-refractivity contribution in [3.63, 3.8) is 0 Å². The predicted molar refractivity (Wildman–Crippen MR) is 107 cm³/mol. The van der Waals surface area contributed by atoms with Gasteiger partial charge in [-0.3, -0.25) is 4.98 Å². The third-order valence-corrected chi connectivity index (χ3v) is 4.23. The van der Waals surface area contributed by atoms with Crippen molar-refractivity contribution in [2.45, 2.75) is 40.2 Å². The molecule has 3 rings (SSSR count). The second kappa shape index (κ2) is 7.95. The normalized spacial score (nSPS) is 10.8. The van der Waals surface area contributed by atoms with Gasteiger partial charge in [0.05, 0.1) is 0 Å². The summed E-state index contributed by atoms with van der Waals surface area (Å²) < 4.78 is 0. The zero-order chi connectivity index (χ0) is 18.5. The maximum Gasteiger partial charge on any atom is 0.225 e. The van der Waals surface area contributed by atoms with Crippen LogP contribution in [-0.4, -0.2) is 15.0 Å². The summed E-state index contributed by atoms with van der Waals surface area (Å²) in [6.07, 6.45) is 3.57. The molecule has 2 aromatic heterocycles. The molecule has 3 aromatic rings. The molecular weight excluding hydrogens is 322 g/mol. The predicted octanol–water partition coefficient (Wildman–Crippen LogP) is 4.97. The summed E-state index contributed by atoms with van der Waals surface area (Å²) >= 11 is 0. The van der Waals surface area contributed by atoms with E-state index in [0.29, 0.717) is 18.4 Å². The van der Waals surface area contributed by atoms with E-state index in [2.05, 4.69) is 64.6 Å². The minimum atomic E-state index is 0.435. The average molecular weight is 347 g/mol. The second-order valence-electron chi connectivity index (χ2n) is 6.75. The van der Waals surface area contributed by atoms with Crippen molar-refractivity contribution in [2.24, 2.45) is 0 Å². The molecular formula is C21H25N5. The van der Waals surface area contributed by atoms with E-state index in [9.17, 15) is 0 Å². The molecule has 0 radical (unpaired) electrons. The van der Waals surface area contributed by atoms with Gasteiger partial charge < -0.3 is 10.6 Å². The molecule has 5 heteroatoms. The maximum absolute atomic E-state index is 4.64. The van der Waals surface area contributed by atoms with Crippen LogP contribution in [0.3, 0.4) is 0 Å². The first-order chi connectivity index (χ1) is 12.5. The summed E-state index contributed by atoms with van der Waals surface area (Å²) in [5.74, 6) is 1.85. The highest BCUT2D eigenvalue weighted by atomic mass is 15.1. The lowest BCUT2D eigenvalue weighted by molar-refractivity contribution is 0.867. The van der Waals surface area contributed by atoms with E-state index in [1.807, 2.05) is 25.1 Å². The quantitative estimate of drug-likeness (QED) is 0.659. The number of aryl methyl sites for hydroxylation is 2. The fraction of sp³-hybridized carbons (Fsp3) is 0.286. The number of hydrogen-bond acceptors (Lipinski definition) is 5. The van der Waals surface area contributed by atoms with Gasteiger partial charge in [0.25, 0.3) is 0 Å². The summed E-state index contributed by atoms with van der Waals surface area (Å²) in [5, 5.41) is 6.79. The fourth-order valence-corrected chi connectivity index (χ4v) is 2.86. The zero-order valence-electron chi connectivity index (χ0n) is 15.7. The topological polar surface area (TPSA) is 62.7 Å². The van der Waals surface area contributed by atoms with E-state index >= 15 is 0 Å². The van der Waals surface area contributed by atoms with Crippen LogP contribution in [0.2, 0.25) is 0 Å². The van der Waals surface area contributed by atoms with Crippen LogP contribution < -0.4 is 10.6 Å². The third-order valence-electron chi connectivity index (χ3n) is 4.23. The van der Waals surface area contributed by atoms with Crippen LogP contribution >= 0.6 is 0 Å². The molecule has 0 unspecified atom stereocenters. The number of aromatic nitrogens is 3. The lowest BCUT2D eigenvalue weighted by atomic mass is 9.98. The first-order valence-corrected chi connectivity index (χ1v) is 8.88. The first kappa shape index (κ1) is 17.9. The Labute approximate surface area is 154 Å². The number of nitrogens with zero attached hydrogens (tertiary/aromatic N) is 3. The highest BCUT2D eigenvalue weighted by molar-refractivity contribution is 5.66. The van der Waals surface area contributed by atoms with Gasteiger partial charge in [-0.15, -0.1) is 0 Å². The van der Waals surface area contributed by atoms with E-state index < -0.39 is 0 Å². The molecule has 5 nitrogen and oxygen atoms in total. The third kappa shape index (κ3) is 4.36. The monoisotopic (exact) mass is 347 g/mol. The van der Waals surface area contributed by atoms with E-state index in [4.69, 9.17) is 0 Å². The molecule has 0 aliphatic rings. The van der Waals surface area contributed by atoms with Crippen molar-refractivity contribution in [2.75, 3.05) is 10.6 Å². The van der Waals surface area contributed by atoms with Gasteiger partial charge in [-0.1, -0.05) is 32.0 Å². The number of para-hydroxylation sites is 1. The van der Waals surface area contributed by atoms with Gasteiger partial charge in [-0.05, 0) is 48.6 Å². The van der Waals surface area contributed by atoms with Gasteiger partial charge >= 0.3 is 0 Å². The van der Waals surface area contributed by atoms with Gasteiger partial charge in [0, 0.05) is 36.4 Å². The van der Waals surface area contributed by atoms with E-state index in [-0.39, 0.29) is 0 Å². The average Bonchev–Trinajstić information content (AvgIpc) is 2.62. The first-order valence-electron chi connectivity index (χ1n) is 8.88. The van der Waals surface area contributed by atoms with Crippen LogP contribution in [0.5, 0.6) is 0 Å². The van der Waals surface area contributed by atoms with Crippen molar-refractivity contribution < 1.29 is 0 Å². The minimum Gasteiger partial charge on any atom is -0.350 e. The molecule has 0 fully saturated rings. The van der Waals surface area contributed by atoms with Crippen molar-refractivity contribution in [1.82, 2.24) is 15.0 Å². The molecule has 1 aromatic carbocycles. The van der Waals surface area contributed by atoms with Gasteiger partial charge in [-0.25, -0.2) is 4.98 Å². The van der Waals surface area contributed by atoms with Gasteiger partial charge in [0.15, 0.2) is 0 Å². The molecule has 0 amide bonds. The van der Waals surface area contributed by atoms with Crippen molar-refractivity contribution in [3.8, 4) is 0 Å². The second-order valence-corrected chi connectivity index (χ2v) is 6.75. The number of nitrogens with one attached hydrogen (secondary N) is 2. The number of rotatable bonds is 6. The molecule has 134 valence electrons. The van der Waals surface area contributed by atoms with E-state index in [1.54, 1.807) is 12.4 Å². The standard InChI is InChI=1S/C21H25N5/c1-14(2)18-7-5-6-15(3)20(18)25-19-12-16(4)24-21(26-19)23-13-17-8-10-22-11-9-17/h5-12,14H,13H2,1-4H3,(H2,23,24,25,26). The van der Waals surface area contributed by atoms with Crippen LogP contribution in [0.25, 0.3) is 0 Å². The molecule has 26 heavy (non-hydrogen) atoms. The van der Waals surface area contributed by atoms with Gasteiger partial charge in [0.1, 0.15) is 5.82 Å². The Balaban J connectivity index is 1.82. The van der Waals surface area contributed by atoms with Crippen LogP contribution in [0.15, 0.2) is 48.8 Å². The summed E-state index contributed by atoms with van der Waals surface area (Å²) in [5.41, 5.74) is 5.67. The molecule has 0 saturated heterocycles.